The molecule has 3 aromatic rings. The zero-order chi connectivity index (χ0) is 15.8. The van der Waals surface area contributed by atoms with Gasteiger partial charge in [-0.15, -0.1) is 0 Å². The first-order valence-electron chi connectivity index (χ1n) is 7.53. The number of hydrogen-bond donors (Lipinski definition) is 1. The smallest absolute Gasteiger partial charge is 0.298 e. The van der Waals surface area contributed by atoms with Crippen molar-refractivity contribution in [2.45, 2.75) is 19.4 Å². The molecule has 0 spiro atoms. The van der Waals surface area contributed by atoms with Gasteiger partial charge in [-0.05, 0) is 31.5 Å². The van der Waals surface area contributed by atoms with Crippen molar-refractivity contribution in [1.29, 1.82) is 0 Å². The Bertz CT molecular complexity index is 849. The third-order valence-corrected chi connectivity index (χ3v) is 4.19. The van der Waals surface area contributed by atoms with Gasteiger partial charge in [0.2, 0.25) is 0 Å². The molecule has 4 rings (SSSR count). The fourth-order valence-corrected chi connectivity index (χ4v) is 2.98. The molecule has 1 N–H and O–H groups in total. The molecule has 1 atom stereocenters. The lowest BCUT2D eigenvalue weighted by Gasteiger charge is -2.15. The first-order chi connectivity index (χ1) is 11.2. The van der Waals surface area contributed by atoms with Crippen molar-refractivity contribution in [3.8, 4) is 0 Å². The largest absolute Gasteiger partial charge is 0.423 e. The topological polar surface area (TPSA) is 67.1 Å². The fraction of sp³-hybridized carbons (Fsp3) is 0.312. The van der Waals surface area contributed by atoms with Gasteiger partial charge in [0.25, 0.3) is 6.01 Å². The zero-order valence-electron chi connectivity index (χ0n) is 12.7. The maximum atomic E-state index is 6.00. The van der Waals surface area contributed by atoms with Gasteiger partial charge in [0, 0.05) is 35.9 Å². The average molecular weight is 330 g/mol. The first-order valence-corrected chi connectivity index (χ1v) is 7.91. The van der Waals surface area contributed by atoms with E-state index in [1.165, 1.54) is 0 Å². The van der Waals surface area contributed by atoms with Crippen molar-refractivity contribution >= 4 is 34.5 Å². The van der Waals surface area contributed by atoms with E-state index in [4.69, 9.17) is 16.0 Å². The predicted molar refractivity (Wildman–Crippen MR) is 90.0 cm³/mol. The summed E-state index contributed by atoms with van der Waals surface area (Å²) in [5.41, 5.74) is 2.50. The highest BCUT2D eigenvalue weighted by Gasteiger charge is 2.26. The normalized spacial score (nSPS) is 17.8. The molecule has 0 radical (unpaired) electrons. The number of fused-ring (bicyclic) bond motifs is 1. The molecular formula is C16H16ClN5O. The molecule has 1 aromatic carbocycles. The molecule has 1 aliphatic heterocycles. The maximum absolute atomic E-state index is 6.00. The van der Waals surface area contributed by atoms with Crippen LogP contribution in [0.3, 0.4) is 0 Å². The first kappa shape index (κ1) is 14.3. The highest BCUT2D eigenvalue weighted by atomic mass is 35.5. The van der Waals surface area contributed by atoms with E-state index in [0.717, 1.165) is 42.1 Å². The van der Waals surface area contributed by atoms with Crippen molar-refractivity contribution in [3.63, 3.8) is 0 Å². The average Bonchev–Trinajstić information content (AvgIpc) is 3.13. The van der Waals surface area contributed by atoms with Gasteiger partial charge >= 0.3 is 0 Å². The lowest BCUT2D eigenvalue weighted by Crippen LogP contribution is -2.26. The molecule has 6 nitrogen and oxygen atoms in total. The van der Waals surface area contributed by atoms with E-state index in [9.17, 15) is 0 Å². The van der Waals surface area contributed by atoms with Gasteiger partial charge in [-0.25, -0.2) is 9.97 Å². The third kappa shape index (κ3) is 2.94. The summed E-state index contributed by atoms with van der Waals surface area (Å²) in [7, 11) is 0. The van der Waals surface area contributed by atoms with Crippen molar-refractivity contribution in [3.05, 3.63) is 41.3 Å². The predicted octanol–water partition coefficient (Wildman–Crippen LogP) is 3.27. The van der Waals surface area contributed by atoms with E-state index in [0.29, 0.717) is 17.1 Å². The maximum Gasteiger partial charge on any atom is 0.298 e. The Morgan fingerprint density at radius 2 is 2.22 bits per heavy atom. The summed E-state index contributed by atoms with van der Waals surface area (Å²) >= 11 is 6.00. The Morgan fingerprint density at radius 3 is 3.09 bits per heavy atom. The van der Waals surface area contributed by atoms with Gasteiger partial charge in [-0.3, -0.25) is 0 Å². The second-order valence-corrected chi connectivity index (χ2v) is 6.17. The Hall–Kier alpha value is -2.34. The third-order valence-electron chi connectivity index (χ3n) is 3.95. The molecule has 3 heterocycles. The quantitative estimate of drug-likeness (QED) is 0.795. The van der Waals surface area contributed by atoms with Crippen molar-refractivity contribution < 1.29 is 4.42 Å². The second-order valence-electron chi connectivity index (χ2n) is 5.73. The highest BCUT2D eigenvalue weighted by molar-refractivity contribution is 6.31. The van der Waals surface area contributed by atoms with Gasteiger partial charge in [-0.2, -0.15) is 4.98 Å². The zero-order valence-corrected chi connectivity index (χ0v) is 13.4. The number of hydrogen-bond acceptors (Lipinski definition) is 6. The van der Waals surface area contributed by atoms with Gasteiger partial charge < -0.3 is 14.6 Å². The highest BCUT2D eigenvalue weighted by Crippen LogP contribution is 2.27. The number of nitrogens with zero attached hydrogens (tertiary/aromatic N) is 4. The van der Waals surface area contributed by atoms with E-state index in [2.05, 4.69) is 25.2 Å². The Morgan fingerprint density at radius 1 is 1.30 bits per heavy atom. The van der Waals surface area contributed by atoms with Crippen LogP contribution in [0.25, 0.3) is 11.1 Å². The van der Waals surface area contributed by atoms with Crippen LogP contribution >= 0.6 is 11.6 Å². The molecular weight excluding hydrogens is 314 g/mol. The second kappa shape index (κ2) is 5.70. The van der Waals surface area contributed by atoms with E-state index in [-0.39, 0.29) is 0 Å². The fourth-order valence-electron chi connectivity index (χ4n) is 2.82. The minimum atomic E-state index is 0.308. The Balaban J connectivity index is 1.48. The molecule has 23 heavy (non-hydrogen) atoms. The molecule has 0 aliphatic carbocycles. The Labute approximate surface area is 138 Å². The van der Waals surface area contributed by atoms with E-state index >= 15 is 0 Å². The molecule has 0 saturated carbocycles. The SMILES string of the molecule is Cc1cc(NC2CCN(c3nc4cc(Cl)ccc4o3)C2)ncn1. The lowest BCUT2D eigenvalue weighted by atomic mass is 10.2. The van der Waals surface area contributed by atoms with E-state index in [1.54, 1.807) is 6.33 Å². The van der Waals surface area contributed by atoms with Crippen LogP contribution in [0.15, 0.2) is 35.0 Å². The monoisotopic (exact) mass is 329 g/mol. The minimum absolute atomic E-state index is 0.308. The summed E-state index contributed by atoms with van der Waals surface area (Å²) in [6, 6.07) is 8.38. The van der Waals surface area contributed by atoms with Crippen molar-refractivity contribution in [1.82, 2.24) is 15.0 Å². The number of nitrogens with one attached hydrogen (secondary N) is 1. The van der Waals surface area contributed by atoms with Gasteiger partial charge in [0.05, 0.1) is 0 Å². The summed E-state index contributed by atoms with van der Waals surface area (Å²) < 4.78 is 5.83. The summed E-state index contributed by atoms with van der Waals surface area (Å²) in [6.07, 6.45) is 2.58. The van der Waals surface area contributed by atoms with Gasteiger partial charge in [0.1, 0.15) is 17.7 Å². The molecule has 1 saturated heterocycles. The van der Waals surface area contributed by atoms with Crippen LogP contribution in [0.1, 0.15) is 12.1 Å². The van der Waals surface area contributed by atoms with E-state index in [1.807, 2.05) is 31.2 Å². The van der Waals surface area contributed by atoms with Crippen LogP contribution in [-0.4, -0.2) is 34.1 Å². The number of oxazole rings is 1. The van der Waals surface area contributed by atoms with Crippen LogP contribution in [0, 0.1) is 6.92 Å². The number of aryl methyl sites for hydroxylation is 1. The van der Waals surface area contributed by atoms with Crippen LogP contribution in [0.2, 0.25) is 5.02 Å². The van der Waals surface area contributed by atoms with Crippen molar-refractivity contribution in [2.24, 2.45) is 0 Å². The molecule has 7 heteroatoms. The van der Waals surface area contributed by atoms with Gasteiger partial charge in [0.15, 0.2) is 5.58 Å². The van der Waals surface area contributed by atoms with Crippen LogP contribution in [-0.2, 0) is 0 Å². The van der Waals surface area contributed by atoms with Crippen LogP contribution in [0.5, 0.6) is 0 Å². The number of halogens is 1. The molecule has 2 aromatic heterocycles. The van der Waals surface area contributed by atoms with Gasteiger partial charge in [-0.1, -0.05) is 11.6 Å². The lowest BCUT2D eigenvalue weighted by molar-refractivity contribution is 0.584. The van der Waals surface area contributed by atoms with Crippen molar-refractivity contribution in [2.75, 3.05) is 23.3 Å². The number of benzene rings is 1. The summed E-state index contributed by atoms with van der Waals surface area (Å²) in [5.74, 6) is 0.855. The summed E-state index contributed by atoms with van der Waals surface area (Å²) in [4.78, 5) is 15.0. The summed E-state index contributed by atoms with van der Waals surface area (Å²) in [6.45, 7) is 3.67. The van der Waals surface area contributed by atoms with Crippen LogP contribution in [0.4, 0.5) is 11.8 Å². The summed E-state index contributed by atoms with van der Waals surface area (Å²) in [5, 5.41) is 4.11. The Kier molecular flexibility index (Phi) is 3.53. The minimum Gasteiger partial charge on any atom is -0.423 e. The molecule has 1 unspecified atom stereocenters. The molecule has 0 bridgehead atoms. The molecule has 118 valence electrons. The van der Waals surface area contributed by atoms with Crippen LogP contribution < -0.4 is 10.2 Å². The molecule has 1 fully saturated rings. The standard InChI is InChI=1S/C16H16ClN5O/c1-10-6-15(19-9-18-10)20-12-4-5-22(8-12)16-21-13-7-11(17)2-3-14(13)23-16/h2-3,6-7,9,12H,4-5,8H2,1H3,(H,18,19,20). The number of rotatable bonds is 3. The molecule has 1 aliphatic rings. The number of aromatic nitrogens is 3. The molecule has 0 amide bonds. The van der Waals surface area contributed by atoms with E-state index < -0.39 is 0 Å². The number of anilines is 2.